The summed E-state index contributed by atoms with van der Waals surface area (Å²) in [6.45, 7) is 4.89. The van der Waals surface area contributed by atoms with Gasteiger partial charge in [-0.15, -0.1) is 0 Å². The van der Waals surface area contributed by atoms with Gasteiger partial charge in [0.2, 0.25) is 0 Å². The molecule has 0 fully saturated rings. The van der Waals surface area contributed by atoms with Gasteiger partial charge in [0.15, 0.2) is 0 Å². The Kier molecular flexibility index (Phi) is 4.61. The number of hydrogen-bond acceptors (Lipinski definition) is 2. The fourth-order valence-electron chi connectivity index (χ4n) is 2.85. The molecule has 2 rings (SSSR count). The van der Waals surface area contributed by atoms with Crippen LogP contribution >= 0.6 is 0 Å². The largest absolute Gasteiger partial charge is 0.478 e. The first kappa shape index (κ1) is 14.1. The third-order valence-electron chi connectivity index (χ3n) is 3.88. The van der Waals surface area contributed by atoms with Crippen LogP contribution in [0.25, 0.3) is 0 Å². The van der Waals surface area contributed by atoms with Crippen LogP contribution in [0.15, 0.2) is 0 Å². The highest BCUT2D eigenvalue weighted by molar-refractivity contribution is 5.90. The Bertz CT molecular complexity index is 449. The van der Waals surface area contributed by atoms with Gasteiger partial charge in [0.25, 0.3) is 0 Å². The van der Waals surface area contributed by atoms with Crippen molar-refractivity contribution < 1.29 is 9.90 Å². The molecule has 4 nitrogen and oxygen atoms in total. The van der Waals surface area contributed by atoms with Crippen molar-refractivity contribution in [2.75, 3.05) is 0 Å². The number of fused-ring (bicyclic) bond motifs is 1. The zero-order valence-corrected chi connectivity index (χ0v) is 12.0. The molecule has 2 heterocycles. The van der Waals surface area contributed by atoms with Gasteiger partial charge in [0.05, 0.1) is 11.4 Å². The third kappa shape index (κ3) is 3.17. The Morgan fingerprint density at radius 2 is 1.79 bits per heavy atom. The molecule has 1 aromatic rings. The number of aromatic nitrogens is 2. The molecule has 106 valence electrons. The molecule has 0 saturated carbocycles. The van der Waals surface area contributed by atoms with Crippen LogP contribution in [0.1, 0.15) is 80.0 Å². The summed E-state index contributed by atoms with van der Waals surface area (Å²) in [5.74, 6) is -0.654. The van der Waals surface area contributed by atoms with Crippen molar-refractivity contribution in [1.82, 2.24) is 9.78 Å². The molecule has 4 heteroatoms. The molecule has 0 amide bonds. The van der Waals surface area contributed by atoms with E-state index in [1.54, 1.807) is 0 Å². The minimum absolute atomic E-state index is 0.163. The molecule has 0 aromatic carbocycles. The number of carbonyl (C=O) groups is 1. The second-order valence-corrected chi connectivity index (χ2v) is 5.76. The molecule has 0 aliphatic carbocycles. The van der Waals surface area contributed by atoms with Crippen LogP contribution in [-0.4, -0.2) is 20.9 Å². The topological polar surface area (TPSA) is 55.1 Å². The fraction of sp³-hybridized carbons (Fsp3) is 0.733. The van der Waals surface area contributed by atoms with Gasteiger partial charge in [-0.1, -0.05) is 39.5 Å². The molecule has 1 aliphatic heterocycles. The Hall–Kier alpha value is -1.32. The Morgan fingerprint density at radius 3 is 2.42 bits per heavy atom. The first-order valence-corrected chi connectivity index (χ1v) is 7.44. The highest BCUT2D eigenvalue weighted by Crippen LogP contribution is 2.25. The number of carboxylic acids is 1. The lowest BCUT2D eigenvalue weighted by molar-refractivity contribution is 0.0694. The lowest BCUT2D eigenvalue weighted by Crippen LogP contribution is -2.10. The van der Waals surface area contributed by atoms with Crippen molar-refractivity contribution in [3.63, 3.8) is 0 Å². The van der Waals surface area contributed by atoms with E-state index in [-0.39, 0.29) is 5.92 Å². The Labute approximate surface area is 114 Å². The maximum Gasteiger partial charge on any atom is 0.339 e. The Balaban J connectivity index is 2.40. The summed E-state index contributed by atoms with van der Waals surface area (Å²) in [5, 5.41) is 14.1. The number of nitrogens with zero attached hydrogens (tertiary/aromatic N) is 2. The quantitative estimate of drug-likeness (QED) is 0.888. The van der Waals surface area contributed by atoms with Crippen molar-refractivity contribution in [2.45, 2.75) is 71.3 Å². The van der Waals surface area contributed by atoms with Crippen LogP contribution in [0.3, 0.4) is 0 Å². The minimum Gasteiger partial charge on any atom is -0.478 e. The second kappa shape index (κ2) is 6.22. The zero-order chi connectivity index (χ0) is 13.8. The average Bonchev–Trinajstić information content (AvgIpc) is 2.73. The van der Waals surface area contributed by atoms with Crippen LogP contribution in [-0.2, 0) is 13.0 Å². The maximum atomic E-state index is 11.6. The fourth-order valence-corrected chi connectivity index (χ4v) is 2.85. The standard InChI is InChI=1S/C15H24N2O2/c1-11(2)14-13(15(18)19)12-9-7-5-3-4-6-8-10-17(12)16-14/h11H,3-10H2,1-2H3,(H,18,19). The van der Waals surface area contributed by atoms with Crippen LogP contribution in [0.5, 0.6) is 0 Å². The van der Waals surface area contributed by atoms with Crippen LogP contribution in [0.2, 0.25) is 0 Å². The lowest BCUT2D eigenvalue weighted by atomic mass is 10.00. The normalized spacial score (nSPS) is 17.2. The van der Waals surface area contributed by atoms with Crippen LogP contribution in [0, 0.1) is 0 Å². The first-order valence-electron chi connectivity index (χ1n) is 7.44. The summed E-state index contributed by atoms with van der Waals surface area (Å²) in [4.78, 5) is 11.6. The van der Waals surface area contributed by atoms with E-state index in [9.17, 15) is 9.90 Å². The number of rotatable bonds is 2. The molecule has 1 aliphatic rings. The van der Waals surface area contributed by atoms with E-state index in [0.29, 0.717) is 5.56 Å². The summed E-state index contributed by atoms with van der Waals surface area (Å²) in [6.07, 6.45) is 8.00. The number of aromatic carboxylic acids is 1. The summed E-state index contributed by atoms with van der Waals surface area (Å²) in [7, 11) is 0. The van der Waals surface area contributed by atoms with Crippen molar-refractivity contribution in [3.8, 4) is 0 Å². The van der Waals surface area contributed by atoms with E-state index in [2.05, 4.69) is 5.10 Å². The van der Waals surface area contributed by atoms with Crippen molar-refractivity contribution >= 4 is 5.97 Å². The zero-order valence-electron chi connectivity index (χ0n) is 12.0. The van der Waals surface area contributed by atoms with E-state index < -0.39 is 5.97 Å². The molecule has 0 atom stereocenters. The van der Waals surface area contributed by atoms with Crippen molar-refractivity contribution in [3.05, 3.63) is 17.0 Å². The Morgan fingerprint density at radius 1 is 1.16 bits per heavy atom. The molecule has 19 heavy (non-hydrogen) atoms. The van der Waals surface area contributed by atoms with Gasteiger partial charge in [-0.3, -0.25) is 4.68 Å². The molecule has 0 spiro atoms. The number of hydrogen-bond donors (Lipinski definition) is 1. The maximum absolute atomic E-state index is 11.6. The summed E-state index contributed by atoms with van der Waals surface area (Å²) in [6, 6.07) is 0. The molecular formula is C15H24N2O2. The summed E-state index contributed by atoms with van der Waals surface area (Å²) < 4.78 is 1.96. The molecule has 0 radical (unpaired) electrons. The van der Waals surface area contributed by atoms with Crippen molar-refractivity contribution in [1.29, 1.82) is 0 Å². The molecular weight excluding hydrogens is 240 g/mol. The molecule has 1 aromatic heterocycles. The second-order valence-electron chi connectivity index (χ2n) is 5.76. The highest BCUT2D eigenvalue weighted by Gasteiger charge is 2.24. The van der Waals surface area contributed by atoms with E-state index in [1.165, 1.54) is 25.7 Å². The predicted molar refractivity (Wildman–Crippen MR) is 74.7 cm³/mol. The third-order valence-corrected chi connectivity index (χ3v) is 3.88. The van der Waals surface area contributed by atoms with Crippen molar-refractivity contribution in [2.24, 2.45) is 0 Å². The molecule has 0 saturated heterocycles. The van der Waals surface area contributed by atoms with Crippen LogP contribution < -0.4 is 0 Å². The number of carboxylic acid groups (broad SMARTS) is 1. The van der Waals surface area contributed by atoms with E-state index in [4.69, 9.17) is 0 Å². The van der Waals surface area contributed by atoms with Gasteiger partial charge in [0, 0.05) is 6.54 Å². The molecule has 0 unspecified atom stereocenters. The van der Waals surface area contributed by atoms with Gasteiger partial charge >= 0.3 is 5.97 Å². The van der Waals surface area contributed by atoms with Crippen LogP contribution in [0.4, 0.5) is 0 Å². The van der Waals surface area contributed by atoms with E-state index in [0.717, 1.165) is 37.2 Å². The van der Waals surface area contributed by atoms with E-state index >= 15 is 0 Å². The highest BCUT2D eigenvalue weighted by atomic mass is 16.4. The lowest BCUT2D eigenvalue weighted by Gasteiger charge is -2.11. The smallest absolute Gasteiger partial charge is 0.339 e. The SMILES string of the molecule is CC(C)c1nn2c(c1C(=O)O)CCCCCCCC2. The minimum atomic E-state index is -0.818. The number of aryl methyl sites for hydroxylation is 1. The molecule has 0 bridgehead atoms. The summed E-state index contributed by atoms with van der Waals surface area (Å²) >= 11 is 0. The summed E-state index contributed by atoms with van der Waals surface area (Å²) in [5.41, 5.74) is 2.16. The van der Waals surface area contributed by atoms with E-state index in [1.807, 2.05) is 18.5 Å². The van der Waals surface area contributed by atoms with Gasteiger partial charge in [-0.25, -0.2) is 4.79 Å². The van der Waals surface area contributed by atoms with Gasteiger partial charge < -0.3 is 5.11 Å². The monoisotopic (exact) mass is 264 g/mol. The first-order chi connectivity index (χ1) is 9.11. The van der Waals surface area contributed by atoms with Gasteiger partial charge in [0.1, 0.15) is 5.56 Å². The predicted octanol–water partition coefficient (Wildman–Crippen LogP) is 3.60. The van der Waals surface area contributed by atoms with Gasteiger partial charge in [-0.05, 0) is 25.2 Å². The van der Waals surface area contributed by atoms with Gasteiger partial charge in [-0.2, -0.15) is 5.10 Å². The average molecular weight is 264 g/mol. The molecule has 1 N–H and O–H groups in total.